The lowest BCUT2D eigenvalue weighted by Gasteiger charge is -2.35. The van der Waals surface area contributed by atoms with E-state index in [1.807, 2.05) is 27.7 Å². The second kappa shape index (κ2) is 10.1. The topological polar surface area (TPSA) is 105 Å². The molecule has 1 aliphatic rings. The normalized spacial score (nSPS) is 18.8. The molecule has 1 fully saturated rings. The highest BCUT2D eigenvalue weighted by molar-refractivity contribution is 7.13. The van der Waals surface area contributed by atoms with E-state index in [9.17, 15) is 14.4 Å². The van der Waals surface area contributed by atoms with Crippen molar-refractivity contribution in [2.24, 2.45) is 0 Å². The summed E-state index contributed by atoms with van der Waals surface area (Å²) in [5.74, 6) is -0.547. The number of anilines is 1. The van der Waals surface area contributed by atoms with E-state index in [2.05, 4.69) is 10.3 Å². The molecule has 2 aromatic rings. The average molecular weight is 449 g/mol. The highest BCUT2D eigenvalue weighted by Crippen LogP contribution is 2.18. The van der Waals surface area contributed by atoms with Crippen LogP contribution < -0.4 is 5.32 Å². The Morgan fingerprint density at radius 2 is 2.00 bits per heavy atom. The van der Waals surface area contributed by atoms with E-state index in [1.165, 1.54) is 22.5 Å². The van der Waals surface area contributed by atoms with E-state index in [1.54, 1.807) is 22.4 Å². The van der Waals surface area contributed by atoms with Crippen LogP contribution >= 0.6 is 11.3 Å². The molecule has 0 radical (unpaired) electrons. The monoisotopic (exact) mass is 448 g/mol. The summed E-state index contributed by atoms with van der Waals surface area (Å²) in [6.45, 7) is 8.54. The number of nitrogens with zero attached hydrogens (tertiary/aromatic N) is 3. The van der Waals surface area contributed by atoms with Gasteiger partial charge in [-0.3, -0.25) is 14.4 Å². The molecule has 2 aromatic heterocycles. The second-order valence-corrected chi connectivity index (χ2v) is 8.79. The van der Waals surface area contributed by atoms with Crippen molar-refractivity contribution in [1.29, 1.82) is 0 Å². The molecule has 3 amide bonds. The molecule has 3 heterocycles. The molecule has 0 saturated carbocycles. The van der Waals surface area contributed by atoms with Crippen molar-refractivity contribution in [3.8, 4) is 0 Å². The molecule has 0 aromatic carbocycles. The van der Waals surface area contributed by atoms with E-state index in [0.717, 1.165) is 0 Å². The van der Waals surface area contributed by atoms with Crippen LogP contribution in [0, 0.1) is 0 Å². The third-order valence-corrected chi connectivity index (χ3v) is 5.64. The fraction of sp³-hybridized carbons (Fsp3) is 0.524. The van der Waals surface area contributed by atoms with Gasteiger partial charge in [-0.2, -0.15) is 0 Å². The Morgan fingerprint density at radius 1 is 1.29 bits per heavy atom. The minimum Gasteiger partial charge on any atom is -0.459 e. The number of carbonyl (C=O) groups excluding carboxylic acids is 3. The molecule has 0 spiro atoms. The molecule has 9 nitrogen and oxygen atoms in total. The van der Waals surface area contributed by atoms with Gasteiger partial charge in [0.2, 0.25) is 11.8 Å². The molecule has 2 atom stereocenters. The van der Waals surface area contributed by atoms with Crippen LogP contribution in [0.15, 0.2) is 28.2 Å². The lowest BCUT2D eigenvalue weighted by molar-refractivity contribution is -0.142. The van der Waals surface area contributed by atoms with Gasteiger partial charge < -0.3 is 24.3 Å². The number of morpholine rings is 1. The fourth-order valence-electron chi connectivity index (χ4n) is 3.44. The molecule has 0 bridgehead atoms. The Labute approximate surface area is 185 Å². The standard InChI is InChI=1S/C21H28N4O5S/c1-13(2)25(20(28)17-6-5-7-29-17)11-18(26)23-21-22-16(12-31-21)8-19(27)24-9-14(3)30-15(4)10-24/h5-7,12-15H,8-11H2,1-4H3,(H,22,23,26). The molecule has 2 unspecified atom stereocenters. The summed E-state index contributed by atoms with van der Waals surface area (Å²) in [5, 5.41) is 4.87. The maximum absolute atomic E-state index is 12.6. The van der Waals surface area contributed by atoms with Crippen LogP contribution in [0.3, 0.4) is 0 Å². The van der Waals surface area contributed by atoms with Crippen molar-refractivity contribution in [1.82, 2.24) is 14.8 Å². The molecular weight excluding hydrogens is 420 g/mol. The molecule has 10 heteroatoms. The number of hydrogen-bond donors (Lipinski definition) is 1. The molecule has 0 aliphatic carbocycles. The Kier molecular flexibility index (Phi) is 7.45. The molecule has 31 heavy (non-hydrogen) atoms. The number of ether oxygens (including phenoxy) is 1. The smallest absolute Gasteiger partial charge is 0.290 e. The van der Waals surface area contributed by atoms with Crippen LogP contribution in [0.4, 0.5) is 5.13 Å². The molecule has 1 saturated heterocycles. The summed E-state index contributed by atoms with van der Waals surface area (Å²) in [5.41, 5.74) is 0.601. The van der Waals surface area contributed by atoms with Gasteiger partial charge in [0.1, 0.15) is 6.54 Å². The number of hydrogen-bond acceptors (Lipinski definition) is 7. The Hall–Kier alpha value is -2.72. The van der Waals surface area contributed by atoms with Gasteiger partial charge in [-0.05, 0) is 39.8 Å². The number of nitrogens with one attached hydrogen (secondary N) is 1. The quantitative estimate of drug-likeness (QED) is 0.697. The number of carbonyl (C=O) groups is 3. The minimum absolute atomic E-state index is 0.00535. The van der Waals surface area contributed by atoms with E-state index in [4.69, 9.17) is 9.15 Å². The van der Waals surface area contributed by atoms with Crippen molar-refractivity contribution in [2.75, 3.05) is 25.0 Å². The zero-order valence-electron chi connectivity index (χ0n) is 18.2. The van der Waals surface area contributed by atoms with Gasteiger partial charge in [0.15, 0.2) is 10.9 Å². The summed E-state index contributed by atoms with van der Waals surface area (Å²) in [7, 11) is 0. The van der Waals surface area contributed by atoms with Crippen LogP contribution in [0.1, 0.15) is 43.9 Å². The SMILES string of the molecule is CC1CN(C(=O)Cc2csc(NC(=O)CN(C(=O)c3ccco3)C(C)C)n2)CC(C)O1. The summed E-state index contributed by atoms with van der Waals surface area (Å²) >= 11 is 1.25. The first kappa shape index (κ1) is 23.0. The largest absolute Gasteiger partial charge is 0.459 e. The van der Waals surface area contributed by atoms with Gasteiger partial charge in [-0.25, -0.2) is 4.98 Å². The van der Waals surface area contributed by atoms with Crippen LogP contribution in [0.2, 0.25) is 0 Å². The van der Waals surface area contributed by atoms with Crippen LogP contribution in [0.5, 0.6) is 0 Å². The molecule has 3 rings (SSSR count). The van der Waals surface area contributed by atoms with E-state index >= 15 is 0 Å². The maximum Gasteiger partial charge on any atom is 0.290 e. The van der Waals surface area contributed by atoms with Gasteiger partial charge in [-0.15, -0.1) is 11.3 Å². The Balaban J connectivity index is 1.55. The zero-order valence-corrected chi connectivity index (χ0v) is 19.0. The number of aromatic nitrogens is 1. The van der Waals surface area contributed by atoms with Gasteiger partial charge in [-0.1, -0.05) is 0 Å². The van der Waals surface area contributed by atoms with Gasteiger partial charge in [0, 0.05) is 24.5 Å². The zero-order chi connectivity index (χ0) is 22.5. The summed E-state index contributed by atoms with van der Waals surface area (Å²) < 4.78 is 10.8. The van der Waals surface area contributed by atoms with Crippen molar-refractivity contribution in [2.45, 2.75) is 52.4 Å². The van der Waals surface area contributed by atoms with Crippen molar-refractivity contribution in [3.63, 3.8) is 0 Å². The van der Waals surface area contributed by atoms with E-state index < -0.39 is 0 Å². The van der Waals surface area contributed by atoms with E-state index in [-0.39, 0.29) is 54.7 Å². The lowest BCUT2D eigenvalue weighted by atomic mass is 10.2. The predicted octanol–water partition coefficient (Wildman–Crippen LogP) is 2.40. The predicted molar refractivity (Wildman–Crippen MR) is 116 cm³/mol. The number of amides is 3. The second-order valence-electron chi connectivity index (χ2n) is 7.93. The van der Waals surface area contributed by atoms with Crippen LogP contribution in [0.25, 0.3) is 0 Å². The third kappa shape index (κ3) is 6.14. The van der Waals surface area contributed by atoms with Crippen LogP contribution in [-0.2, 0) is 20.7 Å². The Bertz CT molecular complexity index is 901. The molecule has 1 N–H and O–H groups in total. The highest BCUT2D eigenvalue weighted by Gasteiger charge is 2.27. The lowest BCUT2D eigenvalue weighted by Crippen LogP contribution is -2.48. The van der Waals surface area contributed by atoms with E-state index in [0.29, 0.717) is 23.9 Å². The highest BCUT2D eigenvalue weighted by atomic mass is 32.1. The number of rotatable bonds is 7. The first-order valence-electron chi connectivity index (χ1n) is 10.2. The third-order valence-electron chi connectivity index (χ3n) is 4.83. The number of thiazole rings is 1. The molecule has 1 aliphatic heterocycles. The van der Waals surface area contributed by atoms with Crippen LogP contribution in [-0.4, -0.2) is 70.4 Å². The van der Waals surface area contributed by atoms with Crippen molar-refractivity contribution < 1.29 is 23.5 Å². The summed E-state index contributed by atoms with van der Waals surface area (Å²) in [4.78, 5) is 45.2. The minimum atomic E-state index is -0.364. The first-order valence-corrected chi connectivity index (χ1v) is 11.1. The molecular formula is C21H28N4O5S. The first-order chi connectivity index (χ1) is 14.7. The fourth-order valence-corrected chi connectivity index (χ4v) is 4.16. The van der Waals surface area contributed by atoms with Crippen molar-refractivity contribution >= 4 is 34.2 Å². The number of furan rings is 1. The van der Waals surface area contributed by atoms with Gasteiger partial charge >= 0.3 is 0 Å². The van der Waals surface area contributed by atoms with Gasteiger partial charge in [0.25, 0.3) is 5.91 Å². The van der Waals surface area contributed by atoms with Gasteiger partial charge in [0.05, 0.1) is 30.6 Å². The summed E-state index contributed by atoms with van der Waals surface area (Å²) in [6.07, 6.45) is 1.60. The summed E-state index contributed by atoms with van der Waals surface area (Å²) in [6, 6.07) is 3.00. The molecule has 168 valence electrons. The average Bonchev–Trinajstić information content (AvgIpc) is 3.37. The maximum atomic E-state index is 12.6. The Morgan fingerprint density at radius 3 is 2.61 bits per heavy atom. The van der Waals surface area contributed by atoms with Crippen molar-refractivity contribution in [3.05, 3.63) is 35.2 Å².